The van der Waals surface area contributed by atoms with E-state index >= 15 is 0 Å². The molecule has 1 aliphatic rings. The predicted octanol–water partition coefficient (Wildman–Crippen LogP) is 2.44. The quantitative estimate of drug-likeness (QED) is 0.533. The molecule has 0 radical (unpaired) electrons. The first-order valence-corrected chi connectivity index (χ1v) is 4.13. The van der Waals surface area contributed by atoms with Crippen LogP contribution in [0.15, 0.2) is 5.16 Å². The Morgan fingerprint density at radius 2 is 1.91 bits per heavy atom. The molecule has 0 aliphatic heterocycles. The van der Waals surface area contributed by atoms with Crippen LogP contribution >= 0.6 is 0 Å². The van der Waals surface area contributed by atoms with Crippen LogP contribution < -0.4 is 0 Å². The molecule has 1 aliphatic carbocycles. The Labute approximate surface area is 68.6 Å². The maximum atomic E-state index is 4.69. The maximum Gasteiger partial charge on any atom is 0.106 e. The first-order valence-electron chi connectivity index (χ1n) is 4.13. The van der Waals surface area contributed by atoms with Crippen LogP contribution in [0, 0.1) is 11.3 Å². The van der Waals surface area contributed by atoms with Gasteiger partial charge in [0.2, 0.25) is 0 Å². The molecular formula is C9H17NO. The number of oxime groups is 1. The topological polar surface area (TPSA) is 21.6 Å². The maximum absolute atomic E-state index is 4.69. The molecule has 0 spiro atoms. The van der Waals surface area contributed by atoms with E-state index in [9.17, 15) is 0 Å². The molecule has 1 rings (SSSR count). The summed E-state index contributed by atoms with van der Waals surface area (Å²) in [7, 11) is 1.61. The zero-order chi connectivity index (χ0) is 8.48. The number of hydrogen-bond donors (Lipinski definition) is 0. The third-order valence-electron chi connectivity index (χ3n) is 2.41. The molecule has 2 heteroatoms. The Kier molecular flexibility index (Phi) is 2.21. The van der Waals surface area contributed by atoms with E-state index in [0.717, 1.165) is 18.8 Å². The van der Waals surface area contributed by atoms with Crippen molar-refractivity contribution < 1.29 is 4.84 Å². The molecule has 0 bridgehead atoms. The summed E-state index contributed by atoms with van der Waals surface area (Å²) in [5, 5.41) is 3.91. The third-order valence-corrected chi connectivity index (χ3v) is 2.41. The molecule has 0 aromatic heterocycles. The van der Waals surface area contributed by atoms with Crippen LogP contribution in [0.5, 0.6) is 0 Å². The summed E-state index contributed by atoms with van der Waals surface area (Å²) in [6.07, 6.45) is 2.24. The molecule has 0 saturated heterocycles. The Morgan fingerprint density at radius 3 is 2.27 bits per heavy atom. The van der Waals surface area contributed by atoms with E-state index in [4.69, 9.17) is 4.84 Å². The Bertz CT molecular complexity index is 159. The fourth-order valence-electron chi connectivity index (χ4n) is 1.33. The van der Waals surface area contributed by atoms with Gasteiger partial charge in [0.25, 0.3) is 0 Å². The average Bonchev–Trinajstić information content (AvgIpc) is 1.74. The molecular weight excluding hydrogens is 138 g/mol. The second kappa shape index (κ2) is 2.84. The zero-order valence-electron chi connectivity index (χ0n) is 7.85. The predicted molar refractivity (Wildman–Crippen MR) is 46.6 cm³/mol. The number of rotatable bonds is 1. The van der Waals surface area contributed by atoms with Gasteiger partial charge in [0, 0.05) is 0 Å². The lowest BCUT2D eigenvalue weighted by molar-refractivity contribution is 0.186. The summed E-state index contributed by atoms with van der Waals surface area (Å²) in [5.41, 5.74) is 1.65. The van der Waals surface area contributed by atoms with Crippen molar-refractivity contribution in [2.45, 2.75) is 33.6 Å². The fraction of sp³-hybridized carbons (Fsp3) is 0.889. The second-order valence-corrected chi connectivity index (χ2v) is 4.31. The van der Waals surface area contributed by atoms with Crippen LogP contribution in [0.2, 0.25) is 0 Å². The van der Waals surface area contributed by atoms with Gasteiger partial charge in [-0.25, -0.2) is 0 Å². The summed E-state index contributed by atoms with van der Waals surface area (Å²) in [6, 6.07) is 0. The first kappa shape index (κ1) is 8.57. The lowest BCUT2D eigenvalue weighted by Gasteiger charge is -2.38. The SMILES string of the molecule is CON=C1CC(C(C)(C)C)C1. The molecule has 11 heavy (non-hydrogen) atoms. The van der Waals surface area contributed by atoms with Crippen molar-refractivity contribution in [3.8, 4) is 0 Å². The van der Waals surface area contributed by atoms with E-state index in [2.05, 4.69) is 25.9 Å². The van der Waals surface area contributed by atoms with Crippen molar-refractivity contribution in [2.75, 3.05) is 7.11 Å². The van der Waals surface area contributed by atoms with Crippen molar-refractivity contribution in [3.05, 3.63) is 0 Å². The van der Waals surface area contributed by atoms with Gasteiger partial charge in [0.15, 0.2) is 0 Å². The van der Waals surface area contributed by atoms with Crippen molar-refractivity contribution >= 4 is 5.71 Å². The summed E-state index contributed by atoms with van der Waals surface area (Å²) >= 11 is 0. The molecule has 1 fully saturated rings. The van der Waals surface area contributed by atoms with Gasteiger partial charge in [-0.1, -0.05) is 25.9 Å². The Morgan fingerprint density at radius 1 is 1.36 bits per heavy atom. The van der Waals surface area contributed by atoms with Crippen molar-refractivity contribution in [3.63, 3.8) is 0 Å². The molecule has 0 aromatic carbocycles. The second-order valence-electron chi connectivity index (χ2n) is 4.31. The summed E-state index contributed by atoms with van der Waals surface area (Å²) in [4.78, 5) is 4.69. The van der Waals surface area contributed by atoms with Crippen LogP contribution in [0.1, 0.15) is 33.6 Å². The highest BCUT2D eigenvalue weighted by molar-refractivity contribution is 5.89. The van der Waals surface area contributed by atoms with Crippen LogP contribution in [-0.2, 0) is 4.84 Å². The normalized spacial score (nSPS) is 24.4. The van der Waals surface area contributed by atoms with Gasteiger partial charge in [-0.15, -0.1) is 0 Å². The fourth-order valence-corrected chi connectivity index (χ4v) is 1.33. The molecule has 0 atom stereocenters. The van der Waals surface area contributed by atoms with E-state index in [1.54, 1.807) is 7.11 Å². The molecule has 0 unspecified atom stereocenters. The molecule has 0 N–H and O–H groups in total. The molecule has 0 heterocycles. The Hall–Kier alpha value is -0.530. The molecule has 2 nitrogen and oxygen atoms in total. The lowest BCUT2D eigenvalue weighted by Crippen LogP contribution is -2.34. The van der Waals surface area contributed by atoms with Gasteiger partial charge >= 0.3 is 0 Å². The van der Waals surface area contributed by atoms with Crippen molar-refractivity contribution in [1.29, 1.82) is 0 Å². The molecule has 64 valence electrons. The van der Waals surface area contributed by atoms with E-state index in [0.29, 0.717) is 5.41 Å². The summed E-state index contributed by atoms with van der Waals surface area (Å²) < 4.78 is 0. The largest absolute Gasteiger partial charge is 0.399 e. The minimum atomic E-state index is 0.437. The van der Waals surface area contributed by atoms with Gasteiger partial charge < -0.3 is 4.84 Å². The van der Waals surface area contributed by atoms with Crippen LogP contribution in [0.25, 0.3) is 0 Å². The minimum Gasteiger partial charge on any atom is -0.399 e. The molecule has 0 amide bonds. The van der Waals surface area contributed by atoms with Crippen LogP contribution in [0.3, 0.4) is 0 Å². The Balaban J connectivity index is 2.35. The van der Waals surface area contributed by atoms with Crippen molar-refractivity contribution in [2.24, 2.45) is 16.5 Å². The summed E-state index contributed by atoms with van der Waals surface area (Å²) in [5.74, 6) is 0.802. The van der Waals surface area contributed by atoms with Gasteiger partial charge in [0.1, 0.15) is 7.11 Å². The third kappa shape index (κ3) is 1.95. The highest BCUT2D eigenvalue weighted by Crippen LogP contribution is 2.39. The number of hydrogen-bond acceptors (Lipinski definition) is 2. The van der Waals surface area contributed by atoms with Gasteiger partial charge in [-0.2, -0.15) is 0 Å². The van der Waals surface area contributed by atoms with E-state index in [-0.39, 0.29) is 0 Å². The highest BCUT2D eigenvalue weighted by atomic mass is 16.6. The minimum absolute atomic E-state index is 0.437. The average molecular weight is 155 g/mol. The van der Waals surface area contributed by atoms with Crippen LogP contribution in [-0.4, -0.2) is 12.8 Å². The lowest BCUT2D eigenvalue weighted by atomic mass is 9.67. The van der Waals surface area contributed by atoms with E-state index < -0.39 is 0 Å². The van der Waals surface area contributed by atoms with E-state index in [1.165, 1.54) is 5.71 Å². The van der Waals surface area contributed by atoms with Gasteiger partial charge in [0.05, 0.1) is 5.71 Å². The smallest absolute Gasteiger partial charge is 0.106 e. The molecule has 1 saturated carbocycles. The first-order chi connectivity index (χ1) is 5.04. The van der Waals surface area contributed by atoms with Gasteiger partial charge in [-0.05, 0) is 24.2 Å². The van der Waals surface area contributed by atoms with E-state index in [1.807, 2.05) is 0 Å². The molecule has 0 aromatic rings. The van der Waals surface area contributed by atoms with Crippen LogP contribution in [0.4, 0.5) is 0 Å². The summed E-state index contributed by atoms with van der Waals surface area (Å²) in [6.45, 7) is 6.84. The van der Waals surface area contributed by atoms with Gasteiger partial charge in [-0.3, -0.25) is 0 Å². The van der Waals surface area contributed by atoms with Crippen molar-refractivity contribution in [1.82, 2.24) is 0 Å². The highest BCUT2D eigenvalue weighted by Gasteiger charge is 2.34. The zero-order valence-corrected chi connectivity index (χ0v) is 7.85. The number of nitrogens with zero attached hydrogens (tertiary/aromatic N) is 1. The standard InChI is InChI=1S/C9H17NO/c1-9(2,3)7-5-8(6-7)10-11-4/h7H,5-6H2,1-4H3. The monoisotopic (exact) mass is 155 g/mol.